The fourth-order valence-electron chi connectivity index (χ4n) is 1.69. The number of sulfonamides is 1. The zero-order valence-corrected chi connectivity index (χ0v) is 11.7. The van der Waals surface area contributed by atoms with Gasteiger partial charge in [-0.1, -0.05) is 11.6 Å². The zero-order valence-electron chi connectivity index (χ0n) is 9.34. The van der Waals surface area contributed by atoms with Gasteiger partial charge in [-0.15, -0.1) is 0 Å². The molecular weight excluding hydrogens is 280 g/mol. The number of pyridine rings is 1. The number of nitrogens with zero attached hydrogens (tertiary/aromatic N) is 2. The van der Waals surface area contributed by atoms with Crippen LogP contribution < -0.4 is 0 Å². The Hall–Kier alpha value is -0.300. The first-order chi connectivity index (χ1) is 8.01. The summed E-state index contributed by atoms with van der Waals surface area (Å²) < 4.78 is 26.0. The normalized spacial score (nSPS) is 21.0. The van der Waals surface area contributed by atoms with E-state index in [4.69, 9.17) is 11.6 Å². The second-order valence-corrected chi connectivity index (χ2v) is 7.39. The van der Waals surface area contributed by atoms with Crippen molar-refractivity contribution in [3.05, 3.63) is 23.5 Å². The van der Waals surface area contributed by atoms with Gasteiger partial charge >= 0.3 is 0 Å². The lowest BCUT2D eigenvalue weighted by Crippen LogP contribution is -2.36. The number of hydrogen-bond donors (Lipinski definition) is 0. The molecule has 1 aromatic heterocycles. The highest BCUT2D eigenvalue weighted by atomic mass is 35.5. The molecule has 1 atom stereocenters. The van der Waals surface area contributed by atoms with Gasteiger partial charge in [0.05, 0.1) is 0 Å². The van der Waals surface area contributed by atoms with Crippen LogP contribution in [0.2, 0.25) is 5.15 Å². The molecule has 0 aromatic carbocycles. The number of aromatic nitrogens is 1. The van der Waals surface area contributed by atoms with Crippen LogP contribution in [0.15, 0.2) is 23.2 Å². The van der Waals surface area contributed by atoms with Gasteiger partial charge in [-0.25, -0.2) is 13.4 Å². The summed E-state index contributed by atoms with van der Waals surface area (Å²) in [5, 5.41) is 0.294. The molecule has 7 heteroatoms. The molecule has 4 nitrogen and oxygen atoms in total. The number of rotatable bonds is 3. The van der Waals surface area contributed by atoms with Crippen LogP contribution in [0.4, 0.5) is 0 Å². The Morgan fingerprint density at radius 1 is 1.53 bits per heavy atom. The highest BCUT2D eigenvalue weighted by Gasteiger charge is 2.30. The van der Waals surface area contributed by atoms with Crippen LogP contribution in [-0.4, -0.2) is 42.3 Å². The van der Waals surface area contributed by atoms with Crippen molar-refractivity contribution in [3.8, 4) is 0 Å². The third-order valence-corrected chi connectivity index (χ3v) is 6.06. The lowest BCUT2D eigenvalue weighted by atomic mass is 10.3. The Morgan fingerprint density at radius 3 is 2.82 bits per heavy atom. The smallest absolute Gasteiger partial charge is 0.243 e. The minimum atomic E-state index is -3.44. The molecule has 17 heavy (non-hydrogen) atoms. The van der Waals surface area contributed by atoms with Gasteiger partial charge in [-0.05, 0) is 24.3 Å². The van der Waals surface area contributed by atoms with Crippen LogP contribution in [0, 0.1) is 0 Å². The van der Waals surface area contributed by atoms with Gasteiger partial charge in [0.15, 0.2) is 0 Å². The van der Waals surface area contributed by atoms with E-state index in [1.54, 1.807) is 18.8 Å². The van der Waals surface area contributed by atoms with Gasteiger partial charge in [-0.3, -0.25) is 0 Å². The first kappa shape index (κ1) is 13.1. The van der Waals surface area contributed by atoms with Crippen LogP contribution in [-0.2, 0) is 10.0 Å². The summed E-state index contributed by atoms with van der Waals surface area (Å²) in [4.78, 5) is 4.00. The number of halogens is 1. The number of thioether (sulfide) groups is 1. The van der Waals surface area contributed by atoms with E-state index in [2.05, 4.69) is 4.98 Å². The molecule has 1 fully saturated rings. The molecule has 1 saturated heterocycles. The van der Waals surface area contributed by atoms with Crippen LogP contribution in [0.1, 0.15) is 6.42 Å². The molecular formula is C10H13ClN2O2S2. The molecule has 94 valence electrons. The molecule has 2 heterocycles. The maximum absolute atomic E-state index is 12.3. The molecule has 1 aromatic rings. The summed E-state index contributed by atoms with van der Waals surface area (Å²) in [5.74, 6) is 1.88. The molecule has 0 bridgehead atoms. The Morgan fingerprint density at radius 2 is 2.29 bits per heavy atom. The average Bonchev–Trinajstić information content (AvgIpc) is 2.82. The molecule has 0 radical (unpaired) electrons. The van der Waals surface area contributed by atoms with E-state index in [0.717, 1.165) is 17.9 Å². The second kappa shape index (κ2) is 5.14. The van der Waals surface area contributed by atoms with Gasteiger partial charge < -0.3 is 0 Å². The van der Waals surface area contributed by atoms with Gasteiger partial charge in [0.1, 0.15) is 10.0 Å². The quantitative estimate of drug-likeness (QED) is 0.798. The molecule has 0 saturated carbocycles. The number of hydrogen-bond acceptors (Lipinski definition) is 4. The van der Waals surface area contributed by atoms with Crippen LogP contribution >= 0.6 is 23.4 Å². The van der Waals surface area contributed by atoms with Crippen LogP contribution in [0.5, 0.6) is 0 Å². The van der Waals surface area contributed by atoms with E-state index in [9.17, 15) is 8.42 Å². The van der Waals surface area contributed by atoms with Gasteiger partial charge in [0.2, 0.25) is 10.0 Å². The van der Waals surface area contributed by atoms with E-state index < -0.39 is 10.0 Å². The molecule has 0 amide bonds. The Kier molecular flexibility index (Phi) is 3.97. The van der Waals surface area contributed by atoms with Crippen molar-refractivity contribution in [2.45, 2.75) is 17.4 Å². The summed E-state index contributed by atoms with van der Waals surface area (Å²) in [6.45, 7) is 0. The minimum absolute atomic E-state index is 0.0840. The Balaban J connectivity index is 2.26. The summed E-state index contributed by atoms with van der Waals surface area (Å²) in [6.07, 6.45) is 2.21. The Bertz CT molecular complexity index is 484. The van der Waals surface area contributed by atoms with E-state index in [0.29, 0.717) is 5.15 Å². The van der Waals surface area contributed by atoms with Gasteiger partial charge in [0.25, 0.3) is 0 Å². The Labute approximate surface area is 110 Å². The highest BCUT2D eigenvalue weighted by molar-refractivity contribution is 7.99. The van der Waals surface area contributed by atoms with Gasteiger partial charge in [-0.2, -0.15) is 16.1 Å². The fraction of sp³-hybridized carbons (Fsp3) is 0.500. The lowest BCUT2D eigenvalue weighted by molar-refractivity contribution is 0.394. The molecule has 0 N–H and O–H groups in total. The topological polar surface area (TPSA) is 50.3 Å². The molecule has 2 rings (SSSR count). The zero-order chi connectivity index (χ0) is 12.5. The second-order valence-electron chi connectivity index (χ2n) is 3.86. The van der Waals surface area contributed by atoms with E-state index in [1.165, 1.54) is 22.6 Å². The molecule has 1 aliphatic rings. The van der Waals surface area contributed by atoms with Crippen LogP contribution in [0.3, 0.4) is 0 Å². The lowest BCUT2D eigenvalue weighted by Gasteiger charge is -2.22. The third kappa shape index (κ3) is 2.76. The summed E-state index contributed by atoms with van der Waals surface area (Å²) in [7, 11) is -1.81. The fourth-order valence-corrected chi connectivity index (χ4v) is 4.49. The molecule has 0 spiro atoms. The summed E-state index contributed by atoms with van der Waals surface area (Å²) in [5.41, 5.74) is 0. The SMILES string of the molecule is CN(C1CCSC1)S(=O)(=O)c1ccc(Cl)nc1. The first-order valence-electron chi connectivity index (χ1n) is 5.19. The highest BCUT2D eigenvalue weighted by Crippen LogP contribution is 2.26. The third-order valence-electron chi connectivity index (χ3n) is 2.80. The monoisotopic (exact) mass is 292 g/mol. The largest absolute Gasteiger partial charge is 0.244 e. The van der Waals surface area contributed by atoms with Crippen molar-refractivity contribution in [2.24, 2.45) is 0 Å². The summed E-state index contributed by atoms with van der Waals surface area (Å²) in [6, 6.07) is 3.07. The maximum Gasteiger partial charge on any atom is 0.244 e. The first-order valence-corrected chi connectivity index (χ1v) is 8.16. The van der Waals surface area contributed by atoms with E-state index >= 15 is 0 Å². The van der Waals surface area contributed by atoms with Crippen molar-refractivity contribution in [1.29, 1.82) is 0 Å². The molecule has 1 unspecified atom stereocenters. The van der Waals surface area contributed by atoms with Crippen molar-refractivity contribution in [1.82, 2.24) is 9.29 Å². The van der Waals surface area contributed by atoms with Crippen LogP contribution in [0.25, 0.3) is 0 Å². The standard InChI is InChI=1S/C10H13ClN2O2S2/c1-13(8-4-5-16-7-8)17(14,15)9-2-3-10(11)12-6-9/h2-3,6,8H,4-5,7H2,1H3. The van der Waals surface area contributed by atoms with Gasteiger partial charge in [0, 0.05) is 25.0 Å². The summed E-state index contributed by atoms with van der Waals surface area (Å²) >= 11 is 7.43. The predicted octanol–water partition coefficient (Wildman–Crippen LogP) is 1.86. The van der Waals surface area contributed by atoms with Crippen molar-refractivity contribution >= 4 is 33.4 Å². The van der Waals surface area contributed by atoms with Crippen molar-refractivity contribution in [2.75, 3.05) is 18.6 Å². The molecule has 1 aliphatic heterocycles. The average molecular weight is 293 g/mol. The predicted molar refractivity (Wildman–Crippen MR) is 69.9 cm³/mol. The van der Waals surface area contributed by atoms with Crippen molar-refractivity contribution in [3.63, 3.8) is 0 Å². The van der Waals surface area contributed by atoms with Crippen molar-refractivity contribution < 1.29 is 8.42 Å². The molecule has 0 aliphatic carbocycles. The minimum Gasteiger partial charge on any atom is -0.243 e. The van der Waals surface area contributed by atoms with E-state index in [1.807, 2.05) is 0 Å². The van der Waals surface area contributed by atoms with E-state index in [-0.39, 0.29) is 10.9 Å². The maximum atomic E-state index is 12.3.